The minimum atomic E-state index is 0.438. The summed E-state index contributed by atoms with van der Waals surface area (Å²) in [6.07, 6.45) is 4.69. The highest BCUT2D eigenvalue weighted by Gasteiger charge is 2.41. The molecular formula is C13H26N2O2S. The van der Waals surface area contributed by atoms with Gasteiger partial charge in [-0.25, -0.2) is 0 Å². The highest BCUT2D eigenvalue weighted by molar-refractivity contribution is 7.80. The number of rotatable bonds is 10. The van der Waals surface area contributed by atoms with Gasteiger partial charge in [0.05, 0.1) is 0 Å². The molecule has 4 nitrogen and oxygen atoms in total. The molecule has 0 unspecified atom stereocenters. The first kappa shape index (κ1) is 15.7. The summed E-state index contributed by atoms with van der Waals surface area (Å²) in [4.78, 5) is 0. The van der Waals surface area contributed by atoms with E-state index in [1.165, 1.54) is 12.8 Å². The van der Waals surface area contributed by atoms with E-state index >= 15 is 0 Å². The molecule has 5 heteroatoms. The number of hydrogen-bond acceptors (Lipinski definition) is 3. The van der Waals surface area contributed by atoms with Crippen molar-refractivity contribution in [1.82, 2.24) is 10.6 Å². The van der Waals surface area contributed by atoms with Crippen LogP contribution in [-0.4, -0.2) is 45.1 Å². The van der Waals surface area contributed by atoms with Crippen LogP contribution >= 0.6 is 12.2 Å². The van der Waals surface area contributed by atoms with E-state index in [1.54, 1.807) is 7.11 Å². The van der Waals surface area contributed by atoms with Gasteiger partial charge in [-0.3, -0.25) is 0 Å². The predicted molar refractivity (Wildman–Crippen MR) is 77.9 cm³/mol. The largest absolute Gasteiger partial charge is 0.385 e. The Bertz CT molecular complexity index is 245. The van der Waals surface area contributed by atoms with Crippen molar-refractivity contribution >= 4 is 17.3 Å². The van der Waals surface area contributed by atoms with Gasteiger partial charge < -0.3 is 20.1 Å². The zero-order valence-electron chi connectivity index (χ0n) is 11.6. The summed E-state index contributed by atoms with van der Waals surface area (Å²) < 4.78 is 10.4. The van der Waals surface area contributed by atoms with Crippen molar-refractivity contribution in [3.05, 3.63) is 0 Å². The monoisotopic (exact) mass is 274 g/mol. The van der Waals surface area contributed by atoms with Gasteiger partial charge in [0.2, 0.25) is 0 Å². The third-order valence-electron chi connectivity index (χ3n) is 3.37. The van der Waals surface area contributed by atoms with Gasteiger partial charge in [0.25, 0.3) is 0 Å². The van der Waals surface area contributed by atoms with E-state index in [0.717, 1.165) is 50.9 Å². The lowest BCUT2D eigenvalue weighted by Gasteiger charge is -2.17. The second-order valence-corrected chi connectivity index (χ2v) is 5.31. The van der Waals surface area contributed by atoms with Gasteiger partial charge in [0.15, 0.2) is 5.11 Å². The fourth-order valence-electron chi connectivity index (χ4n) is 1.86. The maximum atomic E-state index is 5.27. The zero-order chi connectivity index (χ0) is 13.3. The molecule has 0 aliphatic heterocycles. The Hall–Kier alpha value is -0.390. The number of thiocarbonyl (C=S) groups is 1. The summed E-state index contributed by atoms with van der Waals surface area (Å²) >= 11 is 5.25. The standard InChI is InChI=1S/C13H26N2O2S/c1-3-17-9-4-8-14-12(18)15-11-13(5-6-13)7-10-16-2/h3-11H2,1-2H3,(H2,14,15,18). The van der Waals surface area contributed by atoms with Crippen LogP contribution in [0.3, 0.4) is 0 Å². The average molecular weight is 274 g/mol. The smallest absolute Gasteiger partial charge is 0.166 e. The van der Waals surface area contributed by atoms with Gasteiger partial charge in [-0.05, 0) is 50.2 Å². The van der Waals surface area contributed by atoms with Crippen molar-refractivity contribution in [2.24, 2.45) is 5.41 Å². The molecule has 0 heterocycles. The van der Waals surface area contributed by atoms with Crippen molar-refractivity contribution in [3.8, 4) is 0 Å². The van der Waals surface area contributed by atoms with Gasteiger partial charge >= 0.3 is 0 Å². The number of hydrogen-bond donors (Lipinski definition) is 2. The molecule has 0 radical (unpaired) electrons. The molecule has 1 rings (SSSR count). The molecule has 18 heavy (non-hydrogen) atoms. The minimum absolute atomic E-state index is 0.438. The van der Waals surface area contributed by atoms with Crippen molar-refractivity contribution in [2.45, 2.75) is 32.6 Å². The van der Waals surface area contributed by atoms with Crippen molar-refractivity contribution in [2.75, 3.05) is 40.0 Å². The summed E-state index contributed by atoms with van der Waals surface area (Å²) in [6, 6.07) is 0. The lowest BCUT2D eigenvalue weighted by molar-refractivity contribution is 0.145. The molecule has 106 valence electrons. The highest BCUT2D eigenvalue weighted by Crippen LogP contribution is 2.48. The Balaban J connectivity index is 1.99. The minimum Gasteiger partial charge on any atom is -0.385 e. The molecule has 1 aliphatic rings. The van der Waals surface area contributed by atoms with Crippen LogP contribution in [0.25, 0.3) is 0 Å². The Labute approximate surface area is 116 Å². The third-order valence-corrected chi connectivity index (χ3v) is 3.66. The second kappa shape index (κ2) is 8.67. The molecule has 0 aromatic heterocycles. The van der Waals surface area contributed by atoms with Crippen LogP contribution in [0.5, 0.6) is 0 Å². The fourth-order valence-corrected chi connectivity index (χ4v) is 2.04. The average Bonchev–Trinajstić information content (AvgIpc) is 3.14. The van der Waals surface area contributed by atoms with Gasteiger partial charge in [-0.1, -0.05) is 0 Å². The van der Waals surface area contributed by atoms with E-state index in [1.807, 2.05) is 6.92 Å². The van der Waals surface area contributed by atoms with E-state index in [4.69, 9.17) is 21.7 Å². The lowest BCUT2D eigenvalue weighted by Crippen LogP contribution is -2.39. The SMILES string of the molecule is CCOCCCNC(=S)NCC1(CCOC)CC1. The molecule has 0 atom stereocenters. The number of ether oxygens (including phenoxy) is 2. The molecule has 0 spiro atoms. The Morgan fingerprint density at radius 1 is 1.28 bits per heavy atom. The Morgan fingerprint density at radius 3 is 2.67 bits per heavy atom. The number of methoxy groups -OCH3 is 1. The molecule has 1 aliphatic carbocycles. The molecule has 0 aromatic rings. The second-order valence-electron chi connectivity index (χ2n) is 4.90. The van der Waals surface area contributed by atoms with Crippen LogP contribution in [0.1, 0.15) is 32.6 Å². The Morgan fingerprint density at radius 2 is 2.06 bits per heavy atom. The van der Waals surface area contributed by atoms with Crippen LogP contribution in [0.4, 0.5) is 0 Å². The molecule has 1 saturated carbocycles. The molecular weight excluding hydrogens is 248 g/mol. The van der Waals surface area contributed by atoms with E-state index in [2.05, 4.69) is 10.6 Å². The van der Waals surface area contributed by atoms with Gasteiger partial charge in [-0.15, -0.1) is 0 Å². The molecule has 0 bridgehead atoms. The highest BCUT2D eigenvalue weighted by atomic mass is 32.1. The summed E-state index contributed by atoms with van der Waals surface area (Å²) in [7, 11) is 1.76. The van der Waals surface area contributed by atoms with Crippen LogP contribution in [-0.2, 0) is 9.47 Å². The summed E-state index contributed by atoms with van der Waals surface area (Å²) in [5, 5.41) is 7.28. The molecule has 0 saturated heterocycles. The molecule has 1 fully saturated rings. The first-order chi connectivity index (χ1) is 8.72. The zero-order valence-corrected chi connectivity index (χ0v) is 12.4. The molecule has 0 aromatic carbocycles. The summed E-state index contributed by atoms with van der Waals surface area (Å²) in [5.74, 6) is 0. The van der Waals surface area contributed by atoms with Crippen LogP contribution in [0, 0.1) is 5.41 Å². The maximum Gasteiger partial charge on any atom is 0.166 e. The van der Waals surface area contributed by atoms with Crippen molar-refractivity contribution in [1.29, 1.82) is 0 Å². The van der Waals surface area contributed by atoms with Crippen molar-refractivity contribution < 1.29 is 9.47 Å². The third kappa shape index (κ3) is 6.52. The van der Waals surface area contributed by atoms with Crippen LogP contribution < -0.4 is 10.6 Å². The first-order valence-corrected chi connectivity index (χ1v) is 7.22. The lowest BCUT2D eigenvalue weighted by atomic mass is 10.0. The normalized spacial score (nSPS) is 16.3. The first-order valence-electron chi connectivity index (χ1n) is 6.81. The van der Waals surface area contributed by atoms with E-state index in [-0.39, 0.29) is 0 Å². The predicted octanol–water partition coefficient (Wildman–Crippen LogP) is 1.69. The quantitative estimate of drug-likeness (QED) is 0.469. The van der Waals surface area contributed by atoms with Gasteiger partial charge in [-0.2, -0.15) is 0 Å². The van der Waals surface area contributed by atoms with Crippen LogP contribution in [0.15, 0.2) is 0 Å². The summed E-state index contributed by atoms with van der Waals surface area (Å²) in [6.45, 7) is 6.27. The van der Waals surface area contributed by atoms with E-state index in [0.29, 0.717) is 5.41 Å². The van der Waals surface area contributed by atoms with Gasteiger partial charge in [0, 0.05) is 40.0 Å². The topological polar surface area (TPSA) is 42.5 Å². The van der Waals surface area contributed by atoms with E-state index < -0.39 is 0 Å². The fraction of sp³-hybridized carbons (Fsp3) is 0.923. The molecule has 2 N–H and O–H groups in total. The van der Waals surface area contributed by atoms with Gasteiger partial charge in [0.1, 0.15) is 0 Å². The Kier molecular flexibility index (Phi) is 7.54. The van der Waals surface area contributed by atoms with E-state index in [9.17, 15) is 0 Å². The van der Waals surface area contributed by atoms with Crippen LogP contribution in [0.2, 0.25) is 0 Å². The van der Waals surface area contributed by atoms with Crippen molar-refractivity contribution in [3.63, 3.8) is 0 Å². The maximum absolute atomic E-state index is 5.27. The summed E-state index contributed by atoms with van der Waals surface area (Å²) in [5.41, 5.74) is 0.438. The number of nitrogens with one attached hydrogen (secondary N) is 2. The molecule has 0 amide bonds.